The number of rotatable bonds is 68. The van der Waals surface area contributed by atoms with Gasteiger partial charge < -0.3 is 146 Å². The van der Waals surface area contributed by atoms with Crippen molar-refractivity contribution in [1.82, 2.24) is 95.0 Å². The maximum absolute atomic E-state index is 15.6. The number of carboxylic acid groups (broad SMARTS) is 1. The van der Waals surface area contributed by atoms with Gasteiger partial charge in [-0.25, -0.2) is 0 Å². The van der Waals surface area contributed by atoms with Gasteiger partial charge in [0.15, 0.2) is 11.9 Å². The van der Waals surface area contributed by atoms with Crippen molar-refractivity contribution in [3.63, 3.8) is 0 Å². The maximum atomic E-state index is 15.6. The van der Waals surface area contributed by atoms with Crippen LogP contribution in [0.5, 0.6) is 0 Å². The van der Waals surface area contributed by atoms with Crippen molar-refractivity contribution in [2.24, 2.45) is 51.8 Å². The van der Waals surface area contributed by atoms with Gasteiger partial charge in [0.25, 0.3) is 0 Å². The molecule has 5 rings (SSSR count). The lowest BCUT2D eigenvalue weighted by Gasteiger charge is -2.29. The van der Waals surface area contributed by atoms with E-state index >= 15 is 28.8 Å². The normalized spacial score (nSPS) is 14.3. The van der Waals surface area contributed by atoms with Crippen LogP contribution in [0, 0.1) is 16.7 Å². The summed E-state index contributed by atoms with van der Waals surface area (Å²) in [5.41, 5.74) is 49.2. The number of thiol groups is 1. The molecular weight excluding hydrogens is 1820 g/mol. The molecule has 0 unspecified atom stereocenters. The van der Waals surface area contributed by atoms with Crippen molar-refractivity contribution in [2.75, 3.05) is 63.6 Å². The highest BCUT2D eigenvalue weighted by molar-refractivity contribution is 7.98. The zero-order valence-corrected chi connectivity index (χ0v) is 80.6. The van der Waals surface area contributed by atoms with Gasteiger partial charge in [-0.3, -0.25) is 87.5 Å². The van der Waals surface area contributed by atoms with E-state index in [4.69, 9.17) is 56.7 Å². The fourth-order valence-electron chi connectivity index (χ4n) is 14.9. The summed E-state index contributed by atoms with van der Waals surface area (Å²) < 4.78 is 0. The molecule has 45 nitrogen and oxygen atoms in total. The number of aromatic nitrogens is 2. The van der Waals surface area contributed by atoms with Crippen LogP contribution in [0.15, 0.2) is 91.3 Å². The molecule has 0 aliphatic rings. The Morgan fingerprint density at radius 1 is 0.384 bits per heavy atom. The number of unbranched alkanes of at least 4 members (excludes halogenated alkanes) is 4. The summed E-state index contributed by atoms with van der Waals surface area (Å²) in [6, 6.07) is 2.42. The molecule has 14 atom stereocenters. The van der Waals surface area contributed by atoms with Gasteiger partial charge in [0.05, 0.1) is 12.6 Å². The Hall–Kier alpha value is -12.7. The minimum atomic E-state index is -1.78. The molecule has 0 aliphatic heterocycles. The lowest BCUT2D eigenvalue weighted by molar-refractivity contribution is -0.141. The van der Waals surface area contributed by atoms with Crippen LogP contribution in [-0.4, -0.2) is 270 Å². The molecule has 0 spiro atoms. The van der Waals surface area contributed by atoms with E-state index in [0.717, 1.165) is 0 Å². The van der Waals surface area contributed by atoms with E-state index in [1.165, 1.54) is 18.7 Å². The zero-order chi connectivity index (χ0) is 102. The fourth-order valence-corrected chi connectivity index (χ4v) is 15.6. The van der Waals surface area contributed by atoms with Gasteiger partial charge in [-0.05, 0) is 195 Å². The third-order valence-corrected chi connectivity index (χ3v) is 23.6. The van der Waals surface area contributed by atoms with Crippen LogP contribution >= 0.6 is 24.4 Å². The third-order valence-electron chi connectivity index (χ3n) is 22.5. The number of primary amides is 1. The molecule has 0 fully saturated rings. The van der Waals surface area contributed by atoms with Crippen LogP contribution in [0.1, 0.15) is 166 Å². The Balaban J connectivity index is 1.53. The SMILES string of the molecule is CSCC[C@H](NC(=O)[C@H](CCCNC(=N)N)NC(=O)[C@H](Cc1c[nH]c2ccccc12)NC(=O)[C@H](CCC(N)=O)NC(=O)[C@H](Cc1c[nH]c2ccccc12)NC(=O)[C@H](CCCNC(=N)N)NC(=O)[C@H](Cc1ccccc1)NC(=O)[C@H](CS)NC(=O)[C@H](CCCCN)NC(=O)[C@@H](N)CCCCN)C(=O)N[C@@H](CCCCN)C(=O)N[C@@H](CCCCN)C(=O)N[C@@H](CC(C)C)C(=O)NCC(=O)N[C@@H](C)C(=O)O. The highest BCUT2D eigenvalue weighted by Gasteiger charge is 2.39. The van der Waals surface area contributed by atoms with Gasteiger partial charge in [-0.2, -0.15) is 24.4 Å². The Bertz CT molecular complexity index is 4820. The molecule has 3 aromatic carbocycles. The van der Waals surface area contributed by atoms with Crippen LogP contribution in [0.2, 0.25) is 0 Å². The number of aliphatic carboxylic acids is 1. The van der Waals surface area contributed by atoms with Gasteiger partial charge >= 0.3 is 5.97 Å². The summed E-state index contributed by atoms with van der Waals surface area (Å²) in [5, 5.41) is 69.0. The molecule has 5 aromatic rings. The third kappa shape index (κ3) is 42.1. The van der Waals surface area contributed by atoms with E-state index in [9.17, 15) is 53.1 Å². The maximum Gasteiger partial charge on any atom is 0.325 e. The molecule has 37 N–H and O–H groups in total. The quantitative estimate of drug-likeness (QED) is 0.00779. The number of hydrogen-bond acceptors (Lipinski definition) is 25. The summed E-state index contributed by atoms with van der Waals surface area (Å²) in [4.78, 5) is 235. The Labute approximate surface area is 812 Å². The molecule has 138 heavy (non-hydrogen) atoms. The number of aromatic amines is 2. The van der Waals surface area contributed by atoms with Crippen LogP contribution in [0.3, 0.4) is 0 Å². The molecule has 762 valence electrons. The Kier molecular flexibility index (Phi) is 52.8. The minimum Gasteiger partial charge on any atom is -0.480 e. The van der Waals surface area contributed by atoms with Gasteiger partial charge in [0, 0.05) is 78.7 Å². The number of hydrogen-bond donors (Lipinski definition) is 30. The summed E-state index contributed by atoms with van der Waals surface area (Å²) >= 11 is 5.71. The van der Waals surface area contributed by atoms with Crippen LogP contribution < -0.4 is 131 Å². The number of guanidine groups is 2. The molecular formula is C91H144N28O17S2. The first-order valence-electron chi connectivity index (χ1n) is 46.6. The molecule has 47 heteroatoms. The summed E-state index contributed by atoms with van der Waals surface area (Å²) in [6.45, 7) is 5.22. The molecule has 0 saturated carbocycles. The number of carbonyl (C=O) groups is 16. The number of amides is 15. The van der Waals surface area contributed by atoms with E-state index < -0.39 is 210 Å². The number of benzene rings is 3. The highest BCUT2D eigenvalue weighted by atomic mass is 32.2. The monoisotopic (exact) mass is 1970 g/mol. The van der Waals surface area contributed by atoms with E-state index in [1.54, 1.807) is 111 Å². The first-order chi connectivity index (χ1) is 65.9. The van der Waals surface area contributed by atoms with Crippen LogP contribution in [0.25, 0.3) is 21.8 Å². The number of carbonyl (C=O) groups excluding carboxylic acids is 15. The molecule has 0 saturated heterocycles. The second kappa shape index (κ2) is 62.9. The summed E-state index contributed by atoms with van der Waals surface area (Å²) in [7, 11) is 0. The lowest BCUT2D eigenvalue weighted by atomic mass is 10.0. The van der Waals surface area contributed by atoms with Crippen molar-refractivity contribution in [3.05, 3.63) is 108 Å². The average molecular weight is 1970 g/mol. The summed E-state index contributed by atoms with van der Waals surface area (Å²) in [6.07, 6.45) is 6.46. The van der Waals surface area contributed by atoms with Crippen molar-refractivity contribution in [2.45, 2.75) is 253 Å². The predicted molar refractivity (Wildman–Crippen MR) is 528 cm³/mol. The van der Waals surface area contributed by atoms with Gasteiger partial charge in [-0.1, -0.05) is 87.0 Å². The topological polar surface area (TPSA) is 773 Å². The zero-order valence-electron chi connectivity index (χ0n) is 78.9. The minimum absolute atomic E-state index is 0.00566. The van der Waals surface area contributed by atoms with Gasteiger partial charge in [0.1, 0.15) is 78.5 Å². The number of nitrogens with one attached hydrogen (secondary N) is 20. The highest BCUT2D eigenvalue weighted by Crippen LogP contribution is 2.23. The second-order valence-electron chi connectivity index (χ2n) is 34.2. The number of thioether (sulfide) groups is 1. The molecule has 2 heterocycles. The number of para-hydroxylation sites is 2. The summed E-state index contributed by atoms with van der Waals surface area (Å²) in [5.74, 6) is -15.7. The second-order valence-corrected chi connectivity index (χ2v) is 35.6. The molecule has 0 bridgehead atoms. The lowest BCUT2D eigenvalue weighted by Crippen LogP contribution is -2.61. The smallest absolute Gasteiger partial charge is 0.325 e. The van der Waals surface area contributed by atoms with Crippen LogP contribution in [0.4, 0.5) is 0 Å². The largest absolute Gasteiger partial charge is 0.480 e. The molecule has 0 aliphatic carbocycles. The molecule has 15 amide bonds. The number of H-pyrrole nitrogens is 2. The van der Waals surface area contributed by atoms with Crippen molar-refractivity contribution >= 4 is 153 Å². The first-order valence-corrected chi connectivity index (χ1v) is 48.7. The van der Waals surface area contributed by atoms with Gasteiger partial charge in [-0.15, -0.1) is 0 Å². The Morgan fingerprint density at radius 2 is 0.717 bits per heavy atom. The van der Waals surface area contributed by atoms with E-state index in [-0.39, 0.29) is 140 Å². The molecule has 2 aromatic heterocycles. The number of carboxylic acids is 1. The van der Waals surface area contributed by atoms with Crippen molar-refractivity contribution < 1.29 is 81.8 Å². The fraction of sp³-hybridized carbons (Fsp3) is 0.560. The van der Waals surface area contributed by atoms with Crippen LogP contribution in [-0.2, 0) is 96.0 Å². The first kappa shape index (κ1) is 116. The predicted octanol–water partition coefficient (Wildman–Crippen LogP) is -3.44. The van der Waals surface area contributed by atoms with E-state index in [2.05, 4.69) is 108 Å². The molecule has 0 radical (unpaired) electrons. The average Bonchev–Trinajstić information content (AvgIpc) is 1.67. The number of fused-ring (bicyclic) bond motifs is 2. The Morgan fingerprint density at radius 3 is 1.09 bits per heavy atom. The number of nitrogens with two attached hydrogens (primary N) is 8. The van der Waals surface area contributed by atoms with Crippen molar-refractivity contribution in [3.8, 4) is 0 Å². The van der Waals surface area contributed by atoms with E-state index in [1.807, 2.05) is 0 Å². The van der Waals surface area contributed by atoms with E-state index in [0.29, 0.717) is 90.0 Å². The van der Waals surface area contributed by atoms with Crippen molar-refractivity contribution in [1.29, 1.82) is 10.8 Å². The van der Waals surface area contributed by atoms with Gasteiger partial charge in [0.2, 0.25) is 88.6 Å². The standard InChI is InChI=1S/C91H144N28O17S2/c1-52(2)44-69(77(123)106-50-75(121)107-53(3)89(135)136)115-80(126)64(31-15-19-40-95)109-78(124)63(30-14-18-39-94)110-84(130)68(36-43-138-4)114-79(125)65(32-20-41-102-90(98)99)112-86(132)71(46-55-48-104-60-27-10-8-24-57(55)60)118-83(129)67(34-35-74(97)120)113-87(133)72(47-56-49-105-61-28-11-9-25-58(56)61)117-81(127)66(33-21-42-103-91(100)101)111-85(131)70(45-54-22-6-5-7-23-54)116-88(134)73(51-137)119-82(128)62(29-13-17-38-93)108-76(122)59(96)26-12-16-37-92/h5-11,22-25,27-28,48-49,52-53,59,62-73,104-105,137H,12-21,26,29-47,50-51,92-96H2,1-4H3,(H2,97,120)(H,106,123)(H,107,121)(H,108,122)(H,109,124)(H,110,130)(H,111,131)(H,112,132)(H,113,133)(H,114,125)(H,115,126)(H,116,134)(H,117,127)(H,118,129)(H,119,128)(H,135,136)(H4,98,99,102)(H4,100,101,103)/t53-,59-,62-,63-,64-,65-,66-,67-,68-,69-,70-,71-,72-,73-/m0/s1.